The van der Waals surface area contributed by atoms with Crippen molar-refractivity contribution in [2.45, 2.75) is 13.8 Å². The summed E-state index contributed by atoms with van der Waals surface area (Å²) in [6.07, 6.45) is -0.858. The molecule has 1 nitrogen and oxygen atoms in total. The Labute approximate surface area is 137 Å². The average Bonchev–Trinajstić information content (AvgIpc) is 1.98. The third kappa shape index (κ3) is 5.72. The molecule has 0 aliphatic carbocycles. The van der Waals surface area contributed by atoms with Gasteiger partial charge in [-0.25, -0.2) is 0 Å². The van der Waals surface area contributed by atoms with E-state index in [0.29, 0.717) is 5.69 Å². The Morgan fingerprint density at radius 2 is 1.50 bits per heavy atom. The molecule has 0 atom stereocenters. The van der Waals surface area contributed by atoms with Gasteiger partial charge in [-0.05, 0) is 43.6 Å². The summed E-state index contributed by atoms with van der Waals surface area (Å²) in [6, 6.07) is 5.46. The average molecular weight is 255 g/mol. The van der Waals surface area contributed by atoms with Gasteiger partial charge >= 0.3 is 58.4 Å². The van der Waals surface area contributed by atoms with Crippen molar-refractivity contribution in [1.29, 1.82) is 0 Å². The molecule has 1 aromatic carbocycles. The Hall–Kier alpha value is 0.511. The van der Waals surface area contributed by atoms with Gasteiger partial charge in [0, 0.05) is 12.7 Å². The third-order valence-electron chi connectivity index (χ3n) is 2.13. The van der Waals surface area contributed by atoms with Gasteiger partial charge in [0.05, 0.1) is 0 Å². The van der Waals surface area contributed by atoms with Gasteiger partial charge in [0.2, 0.25) is 0 Å². The van der Waals surface area contributed by atoms with Crippen molar-refractivity contribution in [3.8, 4) is 0 Å². The van der Waals surface area contributed by atoms with Crippen LogP contribution in [0, 0.1) is 13.8 Å². The Kier molecular flexibility index (Phi) is 6.65. The normalized spacial score (nSPS) is 10.9. The molecule has 0 aliphatic heterocycles. The van der Waals surface area contributed by atoms with E-state index in [9.17, 15) is 12.9 Å². The predicted octanol–water partition coefficient (Wildman–Crippen LogP) is 0.130. The van der Waals surface area contributed by atoms with E-state index in [1.54, 1.807) is 12.1 Å². The molecule has 0 radical (unpaired) electrons. The van der Waals surface area contributed by atoms with E-state index in [0.717, 1.165) is 11.1 Å². The van der Waals surface area contributed by atoms with Crippen LogP contribution in [0.5, 0.6) is 0 Å². The summed E-state index contributed by atoms with van der Waals surface area (Å²) >= 11 is 0. The van der Waals surface area contributed by atoms with E-state index in [4.69, 9.17) is 0 Å². The van der Waals surface area contributed by atoms with Gasteiger partial charge in [0.1, 0.15) is 0 Å². The van der Waals surface area contributed by atoms with Crippen molar-refractivity contribution in [3.05, 3.63) is 29.3 Å². The van der Waals surface area contributed by atoms with Crippen LogP contribution in [-0.2, 0) is 0 Å². The number of nitrogens with zero attached hydrogens (tertiary/aromatic N) is 1. The van der Waals surface area contributed by atoms with Crippen LogP contribution < -0.4 is 56.3 Å². The maximum Gasteiger partial charge on any atom is 1.00 e. The van der Waals surface area contributed by atoms with E-state index >= 15 is 0 Å². The first-order valence-corrected chi connectivity index (χ1v) is 4.78. The van der Waals surface area contributed by atoms with Gasteiger partial charge in [-0.1, -0.05) is 6.07 Å². The molecule has 1 rings (SSSR count). The van der Waals surface area contributed by atoms with Crippen LogP contribution >= 0.6 is 0 Å². The summed E-state index contributed by atoms with van der Waals surface area (Å²) < 4.78 is 36.6. The van der Waals surface area contributed by atoms with E-state index < -0.39 is 13.4 Å². The fourth-order valence-corrected chi connectivity index (χ4v) is 1.59. The second-order valence-corrected chi connectivity index (χ2v) is 3.94. The molecule has 0 saturated carbocycles. The van der Waals surface area contributed by atoms with Gasteiger partial charge in [0.15, 0.2) is 0 Å². The van der Waals surface area contributed by atoms with Crippen LogP contribution in [0.15, 0.2) is 18.2 Å². The van der Waals surface area contributed by atoms with Gasteiger partial charge < -0.3 is 17.8 Å². The minimum atomic E-state index is -4.77. The second-order valence-electron chi connectivity index (χ2n) is 3.94. The molecule has 84 valence electrons. The fourth-order valence-electron chi connectivity index (χ4n) is 1.59. The smallest absolute Gasteiger partial charge is 0.448 e. The Morgan fingerprint density at radius 3 is 1.88 bits per heavy atom. The van der Waals surface area contributed by atoms with Crippen LogP contribution in [0.25, 0.3) is 0 Å². The molecule has 0 heterocycles. The standard InChI is InChI=1S/C10H14BF3N.K/c1-8-4-9(2)6-10(5-8)15(3)7-11(12,13)14;/h4-6H,7H2,1-3H3;/q-1;+1. The summed E-state index contributed by atoms with van der Waals surface area (Å²) in [5.41, 5.74) is 2.57. The summed E-state index contributed by atoms with van der Waals surface area (Å²) in [4.78, 5) is 1.24. The molecule has 6 heteroatoms. The van der Waals surface area contributed by atoms with Crippen LogP contribution in [-0.4, -0.2) is 20.5 Å². The molecule has 0 saturated heterocycles. The van der Waals surface area contributed by atoms with Crippen molar-refractivity contribution >= 4 is 12.7 Å². The van der Waals surface area contributed by atoms with Crippen LogP contribution in [0.1, 0.15) is 11.1 Å². The zero-order valence-corrected chi connectivity index (χ0v) is 13.2. The summed E-state index contributed by atoms with van der Waals surface area (Å²) in [7, 11) is 1.46. The van der Waals surface area contributed by atoms with Crippen LogP contribution in [0.4, 0.5) is 18.6 Å². The molecular weight excluding hydrogens is 241 g/mol. The number of anilines is 1. The van der Waals surface area contributed by atoms with E-state index in [1.807, 2.05) is 19.9 Å². The van der Waals surface area contributed by atoms with E-state index in [1.165, 1.54) is 11.9 Å². The van der Waals surface area contributed by atoms with E-state index in [-0.39, 0.29) is 51.4 Å². The molecule has 0 fully saturated rings. The van der Waals surface area contributed by atoms with E-state index in [2.05, 4.69) is 0 Å². The molecule has 0 N–H and O–H groups in total. The number of hydrogen-bond acceptors (Lipinski definition) is 1. The third-order valence-corrected chi connectivity index (χ3v) is 2.13. The number of halogens is 3. The van der Waals surface area contributed by atoms with Crippen molar-refractivity contribution in [1.82, 2.24) is 0 Å². The number of hydrogen-bond donors (Lipinski definition) is 0. The zero-order chi connectivity index (χ0) is 11.6. The molecule has 0 aliphatic rings. The molecule has 0 bridgehead atoms. The van der Waals surface area contributed by atoms with Gasteiger partial charge in [-0.2, -0.15) is 0 Å². The molecule has 0 amide bonds. The summed E-state index contributed by atoms with van der Waals surface area (Å²) in [5, 5.41) is 0. The number of aryl methyl sites for hydroxylation is 2. The topological polar surface area (TPSA) is 3.24 Å². The second kappa shape index (κ2) is 6.45. The van der Waals surface area contributed by atoms with Crippen molar-refractivity contribution in [2.75, 3.05) is 18.4 Å². The molecule has 16 heavy (non-hydrogen) atoms. The minimum Gasteiger partial charge on any atom is -0.448 e. The quantitative estimate of drug-likeness (QED) is 0.694. The van der Waals surface area contributed by atoms with Crippen molar-refractivity contribution < 1.29 is 64.3 Å². The van der Waals surface area contributed by atoms with Crippen LogP contribution in [0.3, 0.4) is 0 Å². The maximum atomic E-state index is 12.2. The number of rotatable bonds is 3. The monoisotopic (exact) mass is 255 g/mol. The fraction of sp³-hybridized carbons (Fsp3) is 0.400. The first-order chi connectivity index (χ1) is 6.78. The molecule has 0 aromatic heterocycles. The van der Waals surface area contributed by atoms with Gasteiger partial charge in [0.25, 0.3) is 0 Å². The largest absolute Gasteiger partial charge is 1.00 e. The molecule has 0 unspecified atom stereocenters. The van der Waals surface area contributed by atoms with Gasteiger partial charge in [-0.15, -0.1) is 0 Å². The van der Waals surface area contributed by atoms with Crippen molar-refractivity contribution in [2.24, 2.45) is 0 Å². The molecular formula is C10H14BF3KN. The summed E-state index contributed by atoms with van der Waals surface area (Å²) in [6.45, 7) is -1.01. The molecule has 1 aromatic rings. The predicted molar refractivity (Wildman–Crippen MR) is 58.3 cm³/mol. The Bertz CT molecular complexity index is 334. The minimum absolute atomic E-state index is 0. The van der Waals surface area contributed by atoms with Crippen LogP contribution in [0.2, 0.25) is 0 Å². The maximum absolute atomic E-state index is 12.2. The summed E-state index contributed by atoms with van der Waals surface area (Å²) in [5.74, 6) is 0. The van der Waals surface area contributed by atoms with Gasteiger partial charge in [-0.3, -0.25) is 0 Å². The SMILES string of the molecule is Cc1cc(C)cc(N(C)C[B-](F)(F)F)c1.[K+]. The number of benzene rings is 1. The molecule has 0 spiro atoms. The Morgan fingerprint density at radius 1 is 1.06 bits per heavy atom. The zero-order valence-electron chi connectivity index (χ0n) is 10.1. The van der Waals surface area contributed by atoms with Crippen molar-refractivity contribution in [3.63, 3.8) is 0 Å². The Balaban J connectivity index is 0.00000225. The first-order valence-electron chi connectivity index (χ1n) is 4.78. The first kappa shape index (κ1) is 16.5.